The lowest BCUT2D eigenvalue weighted by Crippen LogP contribution is -2.43. The molecule has 4 rings (SSSR count). The molecule has 3 heterocycles. The van der Waals surface area contributed by atoms with E-state index < -0.39 is 5.97 Å². The summed E-state index contributed by atoms with van der Waals surface area (Å²) in [4.78, 5) is 33.5. The number of carbonyl (C=O) groups is 2. The van der Waals surface area contributed by atoms with Gasteiger partial charge in [-0.15, -0.1) is 0 Å². The molecule has 148 valence electrons. The standard InChI is InChI=1S/C21H20N4O4/c26-20(27)16(14-4-2-1-3-5-14)12-15-13-23-19-18(15)17(6-7-22-19)24-21(28)25-8-10-29-11-9-25/h1-7,12-13H,8-11H2,(H,26,27)(H2,22,23,24,28). The largest absolute Gasteiger partial charge is 0.478 e. The molecule has 0 bridgehead atoms. The van der Waals surface area contributed by atoms with Gasteiger partial charge in [0.15, 0.2) is 0 Å². The van der Waals surface area contributed by atoms with Crippen molar-refractivity contribution in [2.24, 2.45) is 0 Å². The van der Waals surface area contributed by atoms with Gasteiger partial charge in [-0.2, -0.15) is 0 Å². The van der Waals surface area contributed by atoms with E-state index in [0.29, 0.717) is 54.2 Å². The Morgan fingerprint density at radius 2 is 1.93 bits per heavy atom. The number of nitrogens with zero attached hydrogens (tertiary/aromatic N) is 2. The number of rotatable bonds is 4. The summed E-state index contributed by atoms with van der Waals surface area (Å²) in [5, 5.41) is 13.3. The van der Waals surface area contributed by atoms with Crippen molar-refractivity contribution in [1.29, 1.82) is 0 Å². The number of nitrogens with one attached hydrogen (secondary N) is 2. The van der Waals surface area contributed by atoms with Crippen molar-refractivity contribution in [3.63, 3.8) is 0 Å². The molecule has 0 spiro atoms. The maximum atomic E-state index is 12.6. The van der Waals surface area contributed by atoms with Crippen molar-refractivity contribution < 1.29 is 19.4 Å². The van der Waals surface area contributed by atoms with Gasteiger partial charge in [-0.1, -0.05) is 30.3 Å². The Kier molecular flexibility index (Phi) is 5.26. The first kappa shape index (κ1) is 18.7. The number of anilines is 1. The van der Waals surface area contributed by atoms with Gasteiger partial charge < -0.3 is 25.0 Å². The zero-order valence-electron chi connectivity index (χ0n) is 15.6. The Morgan fingerprint density at radius 3 is 2.66 bits per heavy atom. The number of carboxylic acids is 1. The number of fused-ring (bicyclic) bond motifs is 1. The van der Waals surface area contributed by atoms with Gasteiger partial charge in [0.1, 0.15) is 5.65 Å². The number of aromatic nitrogens is 2. The van der Waals surface area contributed by atoms with E-state index in [-0.39, 0.29) is 11.6 Å². The molecule has 0 atom stereocenters. The van der Waals surface area contributed by atoms with Gasteiger partial charge in [-0.3, -0.25) is 0 Å². The number of morpholine rings is 1. The smallest absolute Gasteiger partial charge is 0.336 e. The van der Waals surface area contributed by atoms with E-state index in [1.54, 1.807) is 53.7 Å². The minimum Gasteiger partial charge on any atom is -0.478 e. The molecular weight excluding hydrogens is 372 g/mol. The fourth-order valence-electron chi connectivity index (χ4n) is 3.30. The molecule has 8 heteroatoms. The molecule has 0 unspecified atom stereocenters. The molecule has 0 aliphatic carbocycles. The summed E-state index contributed by atoms with van der Waals surface area (Å²) in [6.07, 6.45) is 4.87. The Labute approximate surface area is 166 Å². The molecular formula is C21H20N4O4. The number of pyridine rings is 1. The van der Waals surface area contributed by atoms with Gasteiger partial charge in [0.2, 0.25) is 0 Å². The Morgan fingerprint density at radius 1 is 1.17 bits per heavy atom. The average Bonchev–Trinajstić information content (AvgIpc) is 3.17. The molecule has 0 saturated carbocycles. The average molecular weight is 392 g/mol. The van der Waals surface area contributed by atoms with Crippen LogP contribution in [0.3, 0.4) is 0 Å². The van der Waals surface area contributed by atoms with Gasteiger partial charge in [-0.05, 0) is 17.7 Å². The summed E-state index contributed by atoms with van der Waals surface area (Å²) in [5.74, 6) is -1.03. The number of amides is 2. The highest BCUT2D eigenvalue weighted by atomic mass is 16.5. The third kappa shape index (κ3) is 3.97. The van der Waals surface area contributed by atoms with Crippen molar-refractivity contribution in [2.45, 2.75) is 0 Å². The van der Waals surface area contributed by atoms with Crippen molar-refractivity contribution in [3.05, 3.63) is 59.9 Å². The number of hydrogen-bond donors (Lipinski definition) is 3. The van der Waals surface area contributed by atoms with Crippen molar-refractivity contribution in [1.82, 2.24) is 14.9 Å². The van der Waals surface area contributed by atoms with Gasteiger partial charge in [0.05, 0.1) is 24.5 Å². The lowest BCUT2D eigenvalue weighted by Gasteiger charge is -2.27. The number of carbonyl (C=O) groups excluding carboxylic acids is 1. The van der Waals surface area contributed by atoms with Gasteiger partial charge in [-0.25, -0.2) is 14.6 Å². The molecule has 3 N–H and O–H groups in total. The van der Waals surface area contributed by atoms with E-state index in [1.807, 2.05) is 6.07 Å². The molecule has 2 amide bonds. The van der Waals surface area contributed by atoms with E-state index in [2.05, 4.69) is 15.3 Å². The summed E-state index contributed by atoms with van der Waals surface area (Å²) in [5.41, 5.74) is 2.51. The number of ether oxygens (including phenoxy) is 1. The van der Waals surface area contributed by atoms with E-state index in [4.69, 9.17) is 4.74 Å². The maximum Gasteiger partial charge on any atom is 0.336 e. The van der Waals surface area contributed by atoms with Crippen molar-refractivity contribution in [3.8, 4) is 0 Å². The van der Waals surface area contributed by atoms with Crippen LogP contribution in [0.25, 0.3) is 22.7 Å². The minimum absolute atomic E-state index is 0.154. The summed E-state index contributed by atoms with van der Waals surface area (Å²) in [6, 6.07) is 10.4. The van der Waals surface area contributed by atoms with Crippen LogP contribution in [-0.4, -0.2) is 58.3 Å². The lowest BCUT2D eigenvalue weighted by molar-refractivity contribution is -0.130. The highest BCUT2D eigenvalue weighted by Crippen LogP contribution is 2.29. The Hall–Kier alpha value is -3.65. The van der Waals surface area contributed by atoms with Crippen LogP contribution >= 0.6 is 0 Å². The molecule has 1 aromatic carbocycles. The monoisotopic (exact) mass is 392 g/mol. The normalized spacial score (nSPS) is 14.8. The van der Waals surface area contributed by atoms with E-state index in [0.717, 1.165) is 0 Å². The Balaban J connectivity index is 1.72. The van der Waals surface area contributed by atoms with Crippen molar-refractivity contribution in [2.75, 3.05) is 31.6 Å². The quantitative estimate of drug-likeness (QED) is 0.592. The van der Waals surface area contributed by atoms with Crippen LogP contribution in [0.5, 0.6) is 0 Å². The minimum atomic E-state index is -1.03. The molecule has 1 aliphatic rings. The number of aromatic amines is 1. The SMILES string of the molecule is O=C(O)C(=Cc1c[nH]c2nccc(NC(=O)N3CCOCC3)c12)c1ccccc1. The lowest BCUT2D eigenvalue weighted by atomic mass is 10.0. The van der Waals surface area contributed by atoms with E-state index in [9.17, 15) is 14.7 Å². The summed E-state index contributed by atoms with van der Waals surface area (Å²) >= 11 is 0. The first-order chi connectivity index (χ1) is 14.1. The topological polar surface area (TPSA) is 108 Å². The van der Waals surface area contributed by atoms with Crippen LogP contribution in [0.1, 0.15) is 11.1 Å². The molecule has 2 aromatic heterocycles. The first-order valence-electron chi connectivity index (χ1n) is 9.23. The summed E-state index contributed by atoms with van der Waals surface area (Å²) in [6.45, 7) is 2.07. The van der Waals surface area contributed by atoms with Crippen LogP contribution in [0.2, 0.25) is 0 Å². The number of hydrogen-bond acceptors (Lipinski definition) is 4. The molecule has 1 fully saturated rings. The van der Waals surface area contributed by atoms with Crippen molar-refractivity contribution >= 4 is 40.4 Å². The number of H-pyrrole nitrogens is 1. The van der Waals surface area contributed by atoms with Gasteiger partial charge in [0.25, 0.3) is 0 Å². The van der Waals surface area contributed by atoms with Crippen LogP contribution in [-0.2, 0) is 9.53 Å². The fraction of sp³-hybridized carbons (Fsp3) is 0.190. The second-order valence-corrected chi connectivity index (χ2v) is 6.58. The zero-order valence-corrected chi connectivity index (χ0v) is 15.6. The molecule has 0 radical (unpaired) electrons. The maximum absolute atomic E-state index is 12.6. The van der Waals surface area contributed by atoms with E-state index in [1.165, 1.54) is 0 Å². The zero-order chi connectivity index (χ0) is 20.2. The molecule has 1 aliphatic heterocycles. The predicted molar refractivity (Wildman–Crippen MR) is 109 cm³/mol. The number of urea groups is 1. The highest BCUT2D eigenvalue weighted by Gasteiger charge is 2.19. The molecule has 3 aromatic rings. The Bertz CT molecular complexity index is 1070. The second kappa shape index (κ2) is 8.15. The van der Waals surface area contributed by atoms with Crippen LogP contribution in [0, 0.1) is 0 Å². The first-order valence-corrected chi connectivity index (χ1v) is 9.23. The van der Waals surface area contributed by atoms with Gasteiger partial charge in [0, 0.05) is 36.4 Å². The van der Waals surface area contributed by atoms with Crippen LogP contribution < -0.4 is 5.32 Å². The fourth-order valence-corrected chi connectivity index (χ4v) is 3.30. The number of benzene rings is 1. The third-order valence-corrected chi connectivity index (χ3v) is 4.76. The number of carboxylic acid groups (broad SMARTS) is 1. The summed E-state index contributed by atoms with van der Waals surface area (Å²) in [7, 11) is 0. The number of aliphatic carboxylic acids is 1. The molecule has 29 heavy (non-hydrogen) atoms. The third-order valence-electron chi connectivity index (χ3n) is 4.76. The van der Waals surface area contributed by atoms with Gasteiger partial charge >= 0.3 is 12.0 Å². The molecule has 1 saturated heterocycles. The predicted octanol–water partition coefficient (Wildman–Crippen LogP) is 3.05. The highest BCUT2D eigenvalue weighted by molar-refractivity contribution is 6.22. The van der Waals surface area contributed by atoms with Crippen LogP contribution in [0.4, 0.5) is 10.5 Å². The van der Waals surface area contributed by atoms with E-state index >= 15 is 0 Å². The molecule has 8 nitrogen and oxygen atoms in total. The summed E-state index contributed by atoms with van der Waals surface area (Å²) < 4.78 is 5.29. The van der Waals surface area contributed by atoms with Crippen LogP contribution in [0.15, 0.2) is 48.8 Å². The second-order valence-electron chi connectivity index (χ2n) is 6.58.